The Kier molecular flexibility index (Phi) is 7.90. The number of amides is 3. The average molecular weight is 417 g/mol. The number of hydrogen-bond donors (Lipinski definition) is 1. The third-order valence-electron chi connectivity index (χ3n) is 4.35. The van der Waals surface area contributed by atoms with Crippen LogP contribution in [-0.2, 0) is 22.6 Å². The Bertz CT molecular complexity index is 859. The van der Waals surface area contributed by atoms with Gasteiger partial charge in [0.05, 0.1) is 12.1 Å². The highest BCUT2D eigenvalue weighted by Gasteiger charge is 2.16. The van der Waals surface area contributed by atoms with Crippen LogP contribution < -0.4 is 5.32 Å². The Balaban J connectivity index is 1.98. The molecule has 0 aliphatic carbocycles. The monoisotopic (exact) mass is 416 g/mol. The molecule has 0 bridgehead atoms. The number of benzene rings is 1. The van der Waals surface area contributed by atoms with E-state index in [0.717, 1.165) is 5.56 Å². The molecule has 1 heterocycles. The molecule has 29 heavy (non-hydrogen) atoms. The number of nitrogens with one attached hydrogen (secondary N) is 1. The highest BCUT2D eigenvalue weighted by atomic mass is 32.1. The van der Waals surface area contributed by atoms with Crippen LogP contribution in [0.15, 0.2) is 29.6 Å². The molecular weight excluding hydrogens is 388 g/mol. The van der Waals surface area contributed by atoms with Gasteiger partial charge in [-0.1, -0.05) is 26.0 Å². The van der Waals surface area contributed by atoms with Gasteiger partial charge in [-0.05, 0) is 24.6 Å². The number of thiazole rings is 1. The zero-order chi connectivity index (χ0) is 21.6. The van der Waals surface area contributed by atoms with Crippen LogP contribution in [0.5, 0.6) is 0 Å². The minimum atomic E-state index is -0.126. The molecule has 0 aliphatic heterocycles. The van der Waals surface area contributed by atoms with Crippen LogP contribution in [0.1, 0.15) is 42.4 Å². The SMILES string of the molecule is CCN(Cc1ccc(C(=O)N(C)C)cc1)C(=O)Cc1csc(NC(=O)C(C)C)n1. The third kappa shape index (κ3) is 6.39. The fourth-order valence-electron chi connectivity index (χ4n) is 2.57. The second kappa shape index (κ2) is 10.2. The minimum absolute atomic E-state index is 0.0343. The normalized spacial score (nSPS) is 10.7. The maximum atomic E-state index is 12.7. The molecule has 0 atom stereocenters. The van der Waals surface area contributed by atoms with Crippen molar-refractivity contribution in [3.8, 4) is 0 Å². The van der Waals surface area contributed by atoms with E-state index in [1.165, 1.54) is 16.2 Å². The quantitative estimate of drug-likeness (QED) is 0.717. The van der Waals surface area contributed by atoms with Crippen molar-refractivity contribution in [3.63, 3.8) is 0 Å². The first-order valence-electron chi connectivity index (χ1n) is 9.54. The van der Waals surface area contributed by atoms with Gasteiger partial charge in [0.2, 0.25) is 11.8 Å². The number of carbonyl (C=O) groups excluding carboxylic acids is 3. The van der Waals surface area contributed by atoms with E-state index in [1.54, 1.807) is 36.5 Å². The predicted molar refractivity (Wildman–Crippen MR) is 115 cm³/mol. The summed E-state index contributed by atoms with van der Waals surface area (Å²) in [6.45, 7) is 6.59. The zero-order valence-corrected chi connectivity index (χ0v) is 18.4. The van der Waals surface area contributed by atoms with Crippen LogP contribution in [0.4, 0.5) is 5.13 Å². The number of aromatic nitrogens is 1. The summed E-state index contributed by atoms with van der Waals surface area (Å²) in [6.07, 6.45) is 0.180. The minimum Gasteiger partial charge on any atom is -0.345 e. The lowest BCUT2D eigenvalue weighted by atomic mass is 10.1. The van der Waals surface area contributed by atoms with E-state index < -0.39 is 0 Å². The fourth-order valence-corrected chi connectivity index (χ4v) is 3.28. The zero-order valence-electron chi connectivity index (χ0n) is 17.6. The van der Waals surface area contributed by atoms with Crippen LogP contribution >= 0.6 is 11.3 Å². The van der Waals surface area contributed by atoms with Gasteiger partial charge in [0.15, 0.2) is 5.13 Å². The van der Waals surface area contributed by atoms with Gasteiger partial charge >= 0.3 is 0 Å². The van der Waals surface area contributed by atoms with E-state index in [1.807, 2.05) is 32.9 Å². The summed E-state index contributed by atoms with van der Waals surface area (Å²) in [5.74, 6) is -0.306. The number of likely N-dealkylation sites (N-methyl/N-ethyl adjacent to an activating group) is 1. The molecule has 3 amide bonds. The van der Waals surface area contributed by atoms with E-state index in [4.69, 9.17) is 0 Å². The van der Waals surface area contributed by atoms with Gasteiger partial charge in [0, 0.05) is 44.0 Å². The van der Waals surface area contributed by atoms with Gasteiger partial charge in [0.1, 0.15) is 0 Å². The maximum absolute atomic E-state index is 12.7. The molecule has 0 unspecified atom stereocenters. The first kappa shape index (κ1) is 22.5. The van der Waals surface area contributed by atoms with Crippen LogP contribution in [0.25, 0.3) is 0 Å². The van der Waals surface area contributed by atoms with Gasteiger partial charge in [-0.15, -0.1) is 11.3 Å². The standard InChI is InChI=1S/C21H28N4O3S/c1-6-25(12-15-7-9-16(10-8-15)20(28)24(4)5)18(26)11-17-13-29-21(22-17)23-19(27)14(2)3/h7-10,13-14H,6,11-12H2,1-5H3,(H,22,23,27). The number of nitrogens with zero attached hydrogens (tertiary/aromatic N) is 3. The van der Waals surface area contributed by atoms with Gasteiger partial charge in [-0.3, -0.25) is 14.4 Å². The third-order valence-corrected chi connectivity index (χ3v) is 5.16. The van der Waals surface area contributed by atoms with Crippen molar-refractivity contribution >= 4 is 34.2 Å². The Labute approximate surface area is 175 Å². The van der Waals surface area contributed by atoms with E-state index in [0.29, 0.717) is 29.5 Å². The molecule has 0 fully saturated rings. The molecule has 156 valence electrons. The number of rotatable bonds is 8. The van der Waals surface area contributed by atoms with Crippen molar-refractivity contribution < 1.29 is 14.4 Å². The fraction of sp³-hybridized carbons (Fsp3) is 0.429. The first-order chi connectivity index (χ1) is 13.7. The molecular formula is C21H28N4O3S. The molecule has 0 radical (unpaired) electrons. The Hall–Kier alpha value is -2.74. The summed E-state index contributed by atoms with van der Waals surface area (Å²) in [5, 5.41) is 5.06. The van der Waals surface area contributed by atoms with E-state index in [2.05, 4.69) is 10.3 Å². The molecule has 7 nitrogen and oxygen atoms in total. The second-order valence-electron chi connectivity index (χ2n) is 7.27. The largest absolute Gasteiger partial charge is 0.345 e. The number of anilines is 1. The van der Waals surface area contributed by atoms with Crippen molar-refractivity contribution in [2.24, 2.45) is 5.92 Å². The molecule has 2 rings (SSSR count). The van der Waals surface area contributed by atoms with E-state index in [9.17, 15) is 14.4 Å². The topological polar surface area (TPSA) is 82.6 Å². The smallest absolute Gasteiger partial charge is 0.253 e. The predicted octanol–water partition coefficient (Wildman–Crippen LogP) is 3.03. The highest BCUT2D eigenvalue weighted by molar-refractivity contribution is 7.13. The van der Waals surface area contributed by atoms with Gasteiger partial charge in [-0.25, -0.2) is 4.98 Å². The summed E-state index contributed by atoms with van der Waals surface area (Å²) in [5.41, 5.74) is 2.22. The summed E-state index contributed by atoms with van der Waals surface area (Å²) < 4.78 is 0. The van der Waals surface area contributed by atoms with Crippen LogP contribution in [0.3, 0.4) is 0 Å². The van der Waals surface area contributed by atoms with Gasteiger partial charge in [0.25, 0.3) is 5.91 Å². The second-order valence-corrected chi connectivity index (χ2v) is 8.13. The van der Waals surface area contributed by atoms with Crippen LogP contribution in [0.2, 0.25) is 0 Å². The van der Waals surface area contributed by atoms with Crippen LogP contribution in [-0.4, -0.2) is 53.1 Å². The lowest BCUT2D eigenvalue weighted by Gasteiger charge is -2.21. The summed E-state index contributed by atoms with van der Waals surface area (Å²) >= 11 is 1.32. The van der Waals surface area contributed by atoms with E-state index >= 15 is 0 Å². The molecule has 2 aromatic rings. The maximum Gasteiger partial charge on any atom is 0.253 e. The molecule has 0 saturated heterocycles. The molecule has 0 spiro atoms. The van der Waals surface area contributed by atoms with Gasteiger partial charge in [-0.2, -0.15) is 0 Å². The molecule has 1 aromatic carbocycles. The van der Waals surface area contributed by atoms with Crippen molar-refractivity contribution in [1.82, 2.24) is 14.8 Å². The summed E-state index contributed by atoms with van der Waals surface area (Å²) in [4.78, 5) is 44.1. The first-order valence-corrected chi connectivity index (χ1v) is 10.4. The van der Waals surface area contributed by atoms with Crippen molar-refractivity contribution in [3.05, 3.63) is 46.5 Å². The lowest BCUT2D eigenvalue weighted by Crippen LogP contribution is -2.31. The summed E-state index contributed by atoms with van der Waals surface area (Å²) in [7, 11) is 3.43. The molecule has 8 heteroatoms. The average Bonchev–Trinajstić information content (AvgIpc) is 3.12. The van der Waals surface area contributed by atoms with Gasteiger partial charge < -0.3 is 15.1 Å². The molecule has 0 saturated carbocycles. The lowest BCUT2D eigenvalue weighted by molar-refractivity contribution is -0.130. The Morgan fingerprint density at radius 3 is 2.34 bits per heavy atom. The Morgan fingerprint density at radius 2 is 1.79 bits per heavy atom. The number of hydrogen-bond acceptors (Lipinski definition) is 5. The van der Waals surface area contributed by atoms with Crippen LogP contribution in [0, 0.1) is 5.92 Å². The van der Waals surface area contributed by atoms with Crippen molar-refractivity contribution in [2.75, 3.05) is 26.0 Å². The summed E-state index contributed by atoms with van der Waals surface area (Å²) in [6, 6.07) is 7.30. The van der Waals surface area contributed by atoms with Crippen molar-refractivity contribution in [2.45, 2.75) is 33.7 Å². The van der Waals surface area contributed by atoms with Crippen molar-refractivity contribution in [1.29, 1.82) is 0 Å². The molecule has 1 N–H and O–H groups in total. The Morgan fingerprint density at radius 1 is 1.14 bits per heavy atom. The highest BCUT2D eigenvalue weighted by Crippen LogP contribution is 2.18. The molecule has 1 aromatic heterocycles. The molecule has 0 aliphatic rings. The van der Waals surface area contributed by atoms with E-state index in [-0.39, 0.29) is 30.1 Å². The number of carbonyl (C=O) groups is 3.